The Morgan fingerprint density at radius 3 is 2.19 bits per heavy atom. The topological polar surface area (TPSA) is 76.4 Å². The standard InChI is InChI=1S/C24H40N4O2S/c1-19-8-9-21(28(14-11-23(2,3)4)15-12-24(5,6)7)16-22(19)31(29,30)26-20-10-13-27(17-20)18-25/h8-9,16,20,26H,10-15,17H2,1-7H3. The lowest BCUT2D eigenvalue weighted by Gasteiger charge is -2.31. The van der Waals surface area contributed by atoms with Gasteiger partial charge in [-0.2, -0.15) is 5.26 Å². The Labute approximate surface area is 189 Å². The molecule has 1 N–H and O–H groups in total. The molecular weight excluding hydrogens is 408 g/mol. The lowest BCUT2D eigenvalue weighted by Crippen LogP contribution is -2.37. The van der Waals surface area contributed by atoms with Gasteiger partial charge in [-0.15, -0.1) is 0 Å². The molecule has 1 atom stereocenters. The van der Waals surface area contributed by atoms with E-state index in [1.54, 1.807) is 4.90 Å². The highest BCUT2D eigenvalue weighted by atomic mass is 32.2. The first-order chi connectivity index (χ1) is 14.2. The second-order valence-electron chi connectivity index (χ2n) is 11.2. The summed E-state index contributed by atoms with van der Waals surface area (Å²) in [4.78, 5) is 4.25. The summed E-state index contributed by atoms with van der Waals surface area (Å²) in [6.45, 7) is 18.0. The van der Waals surface area contributed by atoms with Crippen molar-refractivity contribution in [2.45, 2.75) is 78.7 Å². The summed E-state index contributed by atoms with van der Waals surface area (Å²) in [6, 6.07) is 5.53. The van der Waals surface area contributed by atoms with Crippen molar-refractivity contribution in [1.29, 1.82) is 5.26 Å². The third-order valence-corrected chi connectivity index (χ3v) is 7.40. The molecule has 1 aromatic carbocycles. The minimum absolute atomic E-state index is 0.205. The maximum atomic E-state index is 13.2. The van der Waals surface area contributed by atoms with E-state index in [9.17, 15) is 8.42 Å². The summed E-state index contributed by atoms with van der Waals surface area (Å²) >= 11 is 0. The molecule has 0 amide bonds. The van der Waals surface area contributed by atoms with Crippen molar-refractivity contribution in [3.8, 4) is 6.19 Å². The molecule has 0 bridgehead atoms. The molecule has 0 aromatic heterocycles. The second-order valence-corrected chi connectivity index (χ2v) is 12.9. The average molecular weight is 449 g/mol. The normalized spacial score (nSPS) is 17.6. The molecule has 0 saturated carbocycles. The van der Waals surface area contributed by atoms with Crippen LogP contribution in [0, 0.1) is 29.2 Å². The lowest BCUT2D eigenvalue weighted by atomic mass is 9.90. The average Bonchev–Trinajstić information content (AvgIpc) is 3.07. The predicted molar refractivity (Wildman–Crippen MR) is 127 cm³/mol. The number of benzene rings is 1. The van der Waals surface area contributed by atoms with Gasteiger partial charge < -0.3 is 9.80 Å². The van der Waals surface area contributed by atoms with Crippen LogP contribution in [0.25, 0.3) is 0 Å². The molecule has 1 aliphatic rings. The largest absolute Gasteiger partial charge is 0.371 e. The molecule has 1 saturated heterocycles. The third-order valence-electron chi connectivity index (χ3n) is 5.74. The van der Waals surface area contributed by atoms with Crippen molar-refractivity contribution >= 4 is 15.7 Å². The van der Waals surface area contributed by atoms with Gasteiger partial charge >= 0.3 is 0 Å². The molecule has 6 nitrogen and oxygen atoms in total. The first-order valence-electron chi connectivity index (χ1n) is 11.2. The number of rotatable bonds is 8. The van der Waals surface area contributed by atoms with Gasteiger partial charge in [-0.05, 0) is 54.7 Å². The summed E-state index contributed by atoms with van der Waals surface area (Å²) < 4.78 is 29.2. The number of aryl methyl sites for hydroxylation is 1. The molecule has 0 radical (unpaired) electrons. The van der Waals surface area contributed by atoms with Crippen LogP contribution in [0.15, 0.2) is 23.1 Å². The van der Waals surface area contributed by atoms with E-state index < -0.39 is 10.0 Å². The van der Waals surface area contributed by atoms with Crippen LogP contribution in [0.2, 0.25) is 0 Å². The van der Waals surface area contributed by atoms with E-state index >= 15 is 0 Å². The quantitative estimate of drug-likeness (QED) is 0.592. The van der Waals surface area contributed by atoms with Crippen LogP contribution in [-0.4, -0.2) is 45.5 Å². The van der Waals surface area contributed by atoms with Crippen LogP contribution in [0.4, 0.5) is 5.69 Å². The molecule has 2 rings (SSSR count). The fourth-order valence-corrected chi connectivity index (χ4v) is 5.14. The van der Waals surface area contributed by atoms with Crippen LogP contribution >= 0.6 is 0 Å². The Kier molecular flexibility index (Phi) is 8.04. The number of nitriles is 1. The van der Waals surface area contributed by atoms with Crippen LogP contribution < -0.4 is 9.62 Å². The zero-order chi connectivity index (χ0) is 23.4. The van der Waals surface area contributed by atoms with Gasteiger partial charge in [-0.1, -0.05) is 47.6 Å². The van der Waals surface area contributed by atoms with E-state index in [0.717, 1.165) is 37.2 Å². The summed E-state index contributed by atoms with van der Waals surface area (Å²) in [5, 5.41) is 9.05. The number of hydrogen-bond donors (Lipinski definition) is 1. The van der Waals surface area contributed by atoms with Crippen molar-refractivity contribution < 1.29 is 8.42 Å². The van der Waals surface area contributed by atoms with Gasteiger partial charge in [-0.3, -0.25) is 0 Å². The number of anilines is 1. The number of likely N-dealkylation sites (tertiary alicyclic amines) is 1. The maximum Gasteiger partial charge on any atom is 0.241 e. The Morgan fingerprint density at radius 2 is 1.71 bits per heavy atom. The summed E-state index contributed by atoms with van der Waals surface area (Å²) in [5.41, 5.74) is 2.09. The van der Waals surface area contributed by atoms with Crippen LogP contribution in [0.5, 0.6) is 0 Å². The number of hydrogen-bond acceptors (Lipinski definition) is 5. The van der Waals surface area contributed by atoms with Gasteiger partial charge in [0.25, 0.3) is 0 Å². The summed E-state index contributed by atoms with van der Waals surface area (Å²) in [7, 11) is -3.66. The van der Waals surface area contributed by atoms with E-state index in [2.05, 4.69) is 57.4 Å². The Balaban J connectivity index is 2.28. The van der Waals surface area contributed by atoms with Gasteiger partial charge in [0.15, 0.2) is 6.19 Å². The summed E-state index contributed by atoms with van der Waals surface area (Å²) in [5.74, 6) is 0. The Morgan fingerprint density at radius 1 is 1.13 bits per heavy atom. The van der Waals surface area contributed by atoms with Gasteiger partial charge in [0.1, 0.15) is 0 Å². The number of nitrogens with one attached hydrogen (secondary N) is 1. The van der Waals surface area contributed by atoms with Crippen LogP contribution in [0.3, 0.4) is 0 Å². The highest BCUT2D eigenvalue weighted by molar-refractivity contribution is 7.89. The van der Waals surface area contributed by atoms with E-state index in [4.69, 9.17) is 5.26 Å². The minimum atomic E-state index is -3.66. The van der Waals surface area contributed by atoms with Crippen molar-refractivity contribution in [2.24, 2.45) is 10.8 Å². The number of nitrogens with zero attached hydrogens (tertiary/aromatic N) is 3. The lowest BCUT2D eigenvalue weighted by molar-refractivity contribution is 0.357. The molecule has 1 fully saturated rings. The van der Waals surface area contributed by atoms with Crippen LogP contribution in [-0.2, 0) is 10.0 Å². The fourth-order valence-electron chi connectivity index (χ4n) is 3.62. The predicted octanol–water partition coefficient (Wildman–Crippen LogP) is 4.51. The smallest absolute Gasteiger partial charge is 0.241 e. The van der Waals surface area contributed by atoms with E-state index in [0.29, 0.717) is 24.4 Å². The van der Waals surface area contributed by atoms with Gasteiger partial charge in [-0.25, -0.2) is 13.1 Å². The number of sulfonamides is 1. The van der Waals surface area contributed by atoms with Crippen molar-refractivity contribution in [2.75, 3.05) is 31.1 Å². The van der Waals surface area contributed by atoms with Gasteiger partial charge in [0.05, 0.1) is 4.90 Å². The van der Waals surface area contributed by atoms with E-state index in [-0.39, 0.29) is 16.9 Å². The maximum absolute atomic E-state index is 13.2. The molecule has 1 aliphatic heterocycles. The molecule has 1 heterocycles. The Bertz CT molecular complexity index is 874. The molecule has 31 heavy (non-hydrogen) atoms. The van der Waals surface area contributed by atoms with Crippen molar-refractivity contribution in [3.63, 3.8) is 0 Å². The molecule has 1 aromatic rings. The SMILES string of the molecule is Cc1ccc(N(CCC(C)(C)C)CCC(C)(C)C)cc1S(=O)(=O)NC1CCN(C#N)C1. The van der Waals surface area contributed by atoms with E-state index in [1.807, 2.05) is 25.1 Å². The highest BCUT2D eigenvalue weighted by Crippen LogP contribution is 2.28. The van der Waals surface area contributed by atoms with Gasteiger partial charge in [0, 0.05) is 37.9 Å². The van der Waals surface area contributed by atoms with E-state index in [1.165, 1.54) is 0 Å². The van der Waals surface area contributed by atoms with Crippen molar-refractivity contribution in [1.82, 2.24) is 9.62 Å². The summed E-state index contributed by atoms with van der Waals surface area (Å²) in [6.07, 6.45) is 4.80. The fraction of sp³-hybridized carbons (Fsp3) is 0.708. The van der Waals surface area contributed by atoms with Crippen molar-refractivity contribution in [3.05, 3.63) is 23.8 Å². The minimum Gasteiger partial charge on any atom is -0.371 e. The molecule has 1 unspecified atom stereocenters. The molecule has 7 heteroatoms. The first kappa shape index (κ1) is 25.5. The van der Waals surface area contributed by atoms with Gasteiger partial charge in [0.2, 0.25) is 10.0 Å². The first-order valence-corrected chi connectivity index (χ1v) is 12.7. The molecular formula is C24H40N4O2S. The molecule has 174 valence electrons. The third kappa shape index (κ3) is 8.01. The second kappa shape index (κ2) is 9.79. The Hall–Kier alpha value is -1.78. The highest BCUT2D eigenvalue weighted by Gasteiger charge is 2.28. The molecule has 0 spiro atoms. The zero-order valence-electron chi connectivity index (χ0n) is 20.3. The monoisotopic (exact) mass is 448 g/mol. The zero-order valence-corrected chi connectivity index (χ0v) is 21.1. The van der Waals surface area contributed by atoms with Crippen LogP contribution in [0.1, 0.15) is 66.4 Å². The molecule has 0 aliphatic carbocycles.